The Morgan fingerprint density at radius 2 is 1.89 bits per heavy atom. The molecule has 1 aliphatic heterocycles. The average molecular weight is 312 g/mol. The summed E-state index contributed by atoms with van der Waals surface area (Å²) in [4.78, 5) is 2.26. The predicted molar refractivity (Wildman–Crippen MR) is 78.0 cm³/mol. The smallest absolute Gasteiger partial charge is 0.0628 e. The van der Waals surface area contributed by atoms with E-state index in [1.165, 1.54) is 0 Å². The van der Waals surface area contributed by atoms with E-state index in [4.69, 9.17) is 23.2 Å². The molecule has 1 saturated heterocycles. The Labute approximate surface area is 123 Å². The standard InChI is InChI=1S/C12H16Cl2N2O.ClH/c13-10-2-1-9(7-11(10)14)12(8-17)16-5-3-15-4-6-16;/h1-2,7,12,15,17H,3-6,8H2;1H/t12-;/m1./s1. The maximum Gasteiger partial charge on any atom is 0.0628 e. The summed E-state index contributed by atoms with van der Waals surface area (Å²) in [5, 5.41) is 13.9. The molecule has 102 valence electrons. The minimum Gasteiger partial charge on any atom is -0.394 e. The van der Waals surface area contributed by atoms with Crippen molar-refractivity contribution in [2.45, 2.75) is 6.04 Å². The van der Waals surface area contributed by atoms with Crippen molar-refractivity contribution in [2.75, 3.05) is 32.8 Å². The molecular weight excluding hydrogens is 295 g/mol. The van der Waals surface area contributed by atoms with Crippen LogP contribution in [0.4, 0.5) is 0 Å². The van der Waals surface area contributed by atoms with Gasteiger partial charge in [-0.1, -0.05) is 29.3 Å². The number of hydrogen-bond donors (Lipinski definition) is 2. The van der Waals surface area contributed by atoms with E-state index in [9.17, 15) is 5.11 Å². The summed E-state index contributed by atoms with van der Waals surface area (Å²) in [7, 11) is 0. The fraction of sp³-hybridized carbons (Fsp3) is 0.500. The van der Waals surface area contributed by atoms with Gasteiger partial charge in [-0.2, -0.15) is 0 Å². The van der Waals surface area contributed by atoms with Gasteiger partial charge in [-0.05, 0) is 17.7 Å². The van der Waals surface area contributed by atoms with Crippen LogP contribution >= 0.6 is 35.6 Å². The number of aliphatic hydroxyl groups is 1. The number of aliphatic hydroxyl groups excluding tert-OH is 1. The monoisotopic (exact) mass is 310 g/mol. The maximum atomic E-state index is 9.55. The highest BCUT2D eigenvalue weighted by atomic mass is 35.5. The van der Waals surface area contributed by atoms with Gasteiger partial charge in [0.05, 0.1) is 22.7 Å². The summed E-state index contributed by atoms with van der Waals surface area (Å²) in [6.07, 6.45) is 0. The van der Waals surface area contributed by atoms with Crippen molar-refractivity contribution in [2.24, 2.45) is 0 Å². The van der Waals surface area contributed by atoms with E-state index in [2.05, 4.69) is 10.2 Å². The van der Waals surface area contributed by atoms with Gasteiger partial charge in [0.25, 0.3) is 0 Å². The number of hydrogen-bond acceptors (Lipinski definition) is 3. The zero-order chi connectivity index (χ0) is 12.3. The van der Waals surface area contributed by atoms with Crippen molar-refractivity contribution in [3.05, 3.63) is 33.8 Å². The minimum absolute atomic E-state index is 0. The van der Waals surface area contributed by atoms with E-state index in [0.717, 1.165) is 31.7 Å². The van der Waals surface area contributed by atoms with Crippen molar-refractivity contribution in [1.29, 1.82) is 0 Å². The molecule has 0 unspecified atom stereocenters. The van der Waals surface area contributed by atoms with Crippen molar-refractivity contribution < 1.29 is 5.11 Å². The summed E-state index contributed by atoms with van der Waals surface area (Å²) in [5.41, 5.74) is 1.02. The summed E-state index contributed by atoms with van der Waals surface area (Å²) < 4.78 is 0. The van der Waals surface area contributed by atoms with E-state index in [1.54, 1.807) is 6.07 Å². The Kier molecular flexibility index (Phi) is 6.71. The lowest BCUT2D eigenvalue weighted by Gasteiger charge is -2.34. The summed E-state index contributed by atoms with van der Waals surface area (Å²) in [6.45, 7) is 3.88. The molecule has 1 heterocycles. The van der Waals surface area contributed by atoms with Gasteiger partial charge in [-0.3, -0.25) is 4.90 Å². The first kappa shape index (κ1) is 16.0. The number of nitrogens with one attached hydrogen (secondary N) is 1. The van der Waals surface area contributed by atoms with Crippen LogP contribution in [0.15, 0.2) is 18.2 Å². The molecular formula is C12H17Cl3N2O. The van der Waals surface area contributed by atoms with Crippen LogP contribution in [0.3, 0.4) is 0 Å². The number of piperazine rings is 1. The number of benzene rings is 1. The molecule has 1 aromatic rings. The Morgan fingerprint density at radius 3 is 2.44 bits per heavy atom. The fourth-order valence-corrected chi connectivity index (χ4v) is 2.45. The normalized spacial score (nSPS) is 18.2. The third-order valence-electron chi connectivity index (χ3n) is 3.09. The molecule has 3 nitrogen and oxygen atoms in total. The van der Waals surface area contributed by atoms with Crippen molar-refractivity contribution in [1.82, 2.24) is 10.2 Å². The number of rotatable bonds is 3. The van der Waals surface area contributed by atoms with Crippen molar-refractivity contribution in [3.8, 4) is 0 Å². The summed E-state index contributed by atoms with van der Waals surface area (Å²) >= 11 is 11.9. The maximum absolute atomic E-state index is 9.55. The second-order valence-electron chi connectivity index (χ2n) is 4.16. The van der Waals surface area contributed by atoms with Gasteiger partial charge in [0.1, 0.15) is 0 Å². The highest BCUT2D eigenvalue weighted by Crippen LogP contribution is 2.28. The summed E-state index contributed by atoms with van der Waals surface area (Å²) in [5.74, 6) is 0. The van der Waals surface area contributed by atoms with E-state index in [0.29, 0.717) is 10.0 Å². The van der Waals surface area contributed by atoms with Gasteiger partial charge in [-0.25, -0.2) is 0 Å². The van der Waals surface area contributed by atoms with Crippen LogP contribution in [-0.4, -0.2) is 42.8 Å². The third-order valence-corrected chi connectivity index (χ3v) is 3.83. The van der Waals surface area contributed by atoms with Crippen LogP contribution in [0.1, 0.15) is 11.6 Å². The second kappa shape index (κ2) is 7.53. The molecule has 0 aliphatic carbocycles. The van der Waals surface area contributed by atoms with Crippen LogP contribution in [-0.2, 0) is 0 Å². The third kappa shape index (κ3) is 3.73. The molecule has 2 rings (SSSR count). The lowest BCUT2D eigenvalue weighted by Crippen LogP contribution is -2.46. The lowest BCUT2D eigenvalue weighted by molar-refractivity contribution is 0.111. The Hall–Kier alpha value is -0.0300. The topological polar surface area (TPSA) is 35.5 Å². The second-order valence-corrected chi connectivity index (χ2v) is 4.97. The molecule has 0 aromatic heterocycles. The van der Waals surface area contributed by atoms with Gasteiger partial charge in [0.2, 0.25) is 0 Å². The van der Waals surface area contributed by atoms with Crippen molar-refractivity contribution >= 4 is 35.6 Å². The van der Waals surface area contributed by atoms with E-state index in [-0.39, 0.29) is 25.1 Å². The first-order valence-corrected chi connectivity index (χ1v) is 6.48. The quantitative estimate of drug-likeness (QED) is 0.899. The van der Waals surface area contributed by atoms with Crippen LogP contribution in [0.25, 0.3) is 0 Å². The molecule has 0 saturated carbocycles. The summed E-state index contributed by atoms with van der Waals surface area (Å²) in [6, 6.07) is 5.56. The molecule has 6 heteroatoms. The zero-order valence-electron chi connectivity index (χ0n) is 9.90. The van der Waals surface area contributed by atoms with Gasteiger partial charge < -0.3 is 10.4 Å². The average Bonchev–Trinajstić information content (AvgIpc) is 2.36. The van der Waals surface area contributed by atoms with Gasteiger partial charge in [-0.15, -0.1) is 12.4 Å². The minimum atomic E-state index is 0. The molecule has 2 N–H and O–H groups in total. The molecule has 18 heavy (non-hydrogen) atoms. The number of nitrogens with zero attached hydrogens (tertiary/aromatic N) is 1. The van der Waals surface area contributed by atoms with E-state index < -0.39 is 0 Å². The molecule has 1 aromatic carbocycles. The fourth-order valence-electron chi connectivity index (χ4n) is 2.15. The largest absolute Gasteiger partial charge is 0.394 e. The first-order valence-electron chi connectivity index (χ1n) is 5.73. The van der Waals surface area contributed by atoms with Crippen molar-refractivity contribution in [3.63, 3.8) is 0 Å². The Balaban J connectivity index is 0.00000162. The Morgan fingerprint density at radius 1 is 1.22 bits per heavy atom. The van der Waals surface area contributed by atoms with Gasteiger partial charge >= 0.3 is 0 Å². The molecule has 1 atom stereocenters. The molecule has 1 fully saturated rings. The van der Waals surface area contributed by atoms with Crippen LogP contribution in [0.5, 0.6) is 0 Å². The van der Waals surface area contributed by atoms with Crippen LogP contribution in [0.2, 0.25) is 10.0 Å². The molecule has 0 radical (unpaired) electrons. The van der Waals surface area contributed by atoms with E-state index >= 15 is 0 Å². The highest BCUT2D eigenvalue weighted by Gasteiger charge is 2.21. The van der Waals surface area contributed by atoms with Crippen LogP contribution in [0, 0.1) is 0 Å². The molecule has 1 aliphatic rings. The van der Waals surface area contributed by atoms with Crippen LogP contribution < -0.4 is 5.32 Å². The number of halogens is 3. The SMILES string of the molecule is Cl.OC[C@H](c1ccc(Cl)c(Cl)c1)N1CCNCC1. The molecule has 0 bridgehead atoms. The predicted octanol–water partition coefficient (Wildman–Crippen LogP) is 2.35. The molecule has 0 spiro atoms. The van der Waals surface area contributed by atoms with E-state index in [1.807, 2.05) is 12.1 Å². The zero-order valence-corrected chi connectivity index (χ0v) is 12.2. The van der Waals surface area contributed by atoms with Gasteiger partial charge in [0, 0.05) is 26.2 Å². The molecule has 0 amide bonds. The lowest BCUT2D eigenvalue weighted by atomic mass is 10.1. The Bertz CT molecular complexity index is 384. The van der Waals surface area contributed by atoms with Gasteiger partial charge in [0.15, 0.2) is 0 Å². The first-order chi connectivity index (χ1) is 8.22. The highest BCUT2D eigenvalue weighted by molar-refractivity contribution is 6.42.